The summed E-state index contributed by atoms with van der Waals surface area (Å²) in [4.78, 5) is 28.9. The van der Waals surface area contributed by atoms with E-state index >= 15 is 0 Å². The number of imide groups is 1. The lowest BCUT2D eigenvalue weighted by molar-refractivity contribution is -0.124. The molecule has 0 radical (unpaired) electrons. The molecule has 2 amide bonds. The number of hydrogen-bond donors (Lipinski definition) is 0. The van der Waals surface area contributed by atoms with E-state index in [-0.39, 0.29) is 11.1 Å². The molecule has 0 aliphatic carbocycles. The molecule has 27 heavy (non-hydrogen) atoms. The predicted octanol–water partition coefficient (Wildman–Crippen LogP) is 3.74. The van der Waals surface area contributed by atoms with E-state index in [4.69, 9.17) is 9.47 Å². The second-order valence-electron chi connectivity index (χ2n) is 6.44. The fourth-order valence-electron chi connectivity index (χ4n) is 3.12. The predicted molar refractivity (Wildman–Crippen MR) is 107 cm³/mol. The molecule has 7 heteroatoms. The van der Waals surface area contributed by atoms with E-state index in [2.05, 4.69) is 11.5 Å². The van der Waals surface area contributed by atoms with Crippen LogP contribution in [0.2, 0.25) is 0 Å². The molecule has 2 heterocycles. The number of thioether (sulfide) groups is 1. The molecule has 0 N–H and O–H groups in total. The molecule has 0 atom stereocenters. The van der Waals surface area contributed by atoms with Crippen LogP contribution in [-0.2, 0) is 4.79 Å². The second-order valence-corrected chi connectivity index (χ2v) is 7.43. The molecule has 6 nitrogen and oxygen atoms in total. The Bertz CT molecular complexity index is 756. The molecule has 144 valence electrons. The van der Waals surface area contributed by atoms with E-state index in [9.17, 15) is 9.59 Å². The molecular weight excluding hydrogens is 364 g/mol. The van der Waals surface area contributed by atoms with Gasteiger partial charge >= 0.3 is 0 Å². The number of benzene rings is 1. The van der Waals surface area contributed by atoms with Crippen molar-refractivity contribution in [2.24, 2.45) is 0 Å². The first-order valence-corrected chi connectivity index (χ1v) is 9.83. The smallest absolute Gasteiger partial charge is 0.294 e. The average Bonchev–Trinajstić information content (AvgIpc) is 2.95. The minimum absolute atomic E-state index is 0.213. The van der Waals surface area contributed by atoms with Gasteiger partial charge in [-0.15, -0.1) is 0 Å². The lowest BCUT2D eigenvalue weighted by Crippen LogP contribution is -2.42. The van der Waals surface area contributed by atoms with E-state index in [1.54, 1.807) is 31.4 Å². The summed E-state index contributed by atoms with van der Waals surface area (Å²) in [6.45, 7) is 6.25. The van der Waals surface area contributed by atoms with Gasteiger partial charge < -0.3 is 9.47 Å². The van der Waals surface area contributed by atoms with Crippen LogP contribution in [0, 0.1) is 0 Å². The zero-order valence-electron chi connectivity index (χ0n) is 15.5. The van der Waals surface area contributed by atoms with Gasteiger partial charge in [-0.2, -0.15) is 0 Å². The summed E-state index contributed by atoms with van der Waals surface area (Å²) in [5, 5.41) is -0.213. The first kappa shape index (κ1) is 19.5. The summed E-state index contributed by atoms with van der Waals surface area (Å²) in [6, 6.07) is 5.41. The number of carbonyl (C=O) groups is 2. The first-order valence-electron chi connectivity index (χ1n) is 9.02. The van der Waals surface area contributed by atoms with Crippen molar-refractivity contribution in [2.75, 3.05) is 33.5 Å². The quantitative estimate of drug-likeness (QED) is 0.524. The van der Waals surface area contributed by atoms with Crippen LogP contribution in [0.3, 0.4) is 0 Å². The molecule has 1 aromatic rings. The van der Waals surface area contributed by atoms with Crippen molar-refractivity contribution < 1.29 is 19.1 Å². The molecule has 0 bridgehead atoms. The molecule has 0 aromatic heterocycles. The zero-order valence-corrected chi connectivity index (χ0v) is 16.3. The maximum absolute atomic E-state index is 12.7. The van der Waals surface area contributed by atoms with Gasteiger partial charge in [0.2, 0.25) is 0 Å². The summed E-state index contributed by atoms with van der Waals surface area (Å²) < 4.78 is 10.9. The molecular formula is C20H24N2O4S. The Morgan fingerprint density at radius 3 is 2.67 bits per heavy atom. The van der Waals surface area contributed by atoms with E-state index < -0.39 is 0 Å². The Balaban J connectivity index is 1.73. The fourth-order valence-corrected chi connectivity index (χ4v) is 3.95. The van der Waals surface area contributed by atoms with Crippen molar-refractivity contribution in [2.45, 2.75) is 19.3 Å². The maximum atomic E-state index is 12.7. The summed E-state index contributed by atoms with van der Waals surface area (Å²) >= 11 is 0.983. The van der Waals surface area contributed by atoms with E-state index in [1.807, 2.05) is 6.07 Å². The summed E-state index contributed by atoms with van der Waals surface area (Å²) in [6.07, 6.45) is 6.83. The topological polar surface area (TPSA) is 59.1 Å². The third-order valence-electron chi connectivity index (χ3n) is 4.51. The van der Waals surface area contributed by atoms with Crippen molar-refractivity contribution in [3.05, 3.63) is 41.3 Å². The highest BCUT2D eigenvalue weighted by Crippen LogP contribution is 2.34. The van der Waals surface area contributed by atoms with Gasteiger partial charge in [-0.05, 0) is 61.5 Å². The first-order chi connectivity index (χ1) is 13.1. The SMILES string of the molecule is C=CCOc1ccc(/C=C2\SC(=O)N(CN3CCCCC3)C2=O)cc1OC. The van der Waals surface area contributed by atoms with Gasteiger partial charge in [-0.25, -0.2) is 0 Å². The lowest BCUT2D eigenvalue weighted by atomic mass is 10.1. The third kappa shape index (κ3) is 4.73. The van der Waals surface area contributed by atoms with Gasteiger partial charge in [0, 0.05) is 0 Å². The summed E-state index contributed by atoms with van der Waals surface area (Å²) in [7, 11) is 1.56. The van der Waals surface area contributed by atoms with Gasteiger partial charge in [0.05, 0.1) is 18.7 Å². The highest BCUT2D eigenvalue weighted by atomic mass is 32.2. The van der Waals surface area contributed by atoms with Crippen LogP contribution in [0.25, 0.3) is 6.08 Å². The lowest BCUT2D eigenvalue weighted by Gasteiger charge is -2.29. The van der Waals surface area contributed by atoms with Gasteiger partial charge in [0.1, 0.15) is 6.61 Å². The molecule has 1 aromatic carbocycles. The van der Waals surface area contributed by atoms with Gasteiger partial charge in [0.15, 0.2) is 11.5 Å². The normalized spacial score (nSPS) is 19.6. The Labute approximate surface area is 163 Å². The number of methoxy groups -OCH3 is 1. The molecule has 0 spiro atoms. The monoisotopic (exact) mass is 388 g/mol. The third-order valence-corrected chi connectivity index (χ3v) is 5.41. The highest BCUT2D eigenvalue weighted by molar-refractivity contribution is 8.18. The van der Waals surface area contributed by atoms with Gasteiger partial charge in [-0.3, -0.25) is 19.4 Å². The van der Waals surface area contributed by atoms with Crippen LogP contribution in [0.5, 0.6) is 11.5 Å². The molecule has 2 aliphatic rings. The number of ether oxygens (including phenoxy) is 2. The Kier molecular flexibility index (Phi) is 6.58. The van der Waals surface area contributed by atoms with Crippen LogP contribution in [0.4, 0.5) is 4.79 Å². The Morgan fingerprint density at radius 1 is 1.19 bits per heavy atom. The molecule has 2 aliphatic heterocycles. The molecule has 0 saturated carbocycles. The van der Waals surface area contributed by atoms with Crippen LogP contribution in [-0.4, -0.2) is 54.4 Å². The zero-order chi connectivity index (χ0) is 19.2. The number of amides is 2. The van der Waals surface area contributed by atoms with E-state index in [1.165, 1.54) is 11.3 Å². The standard InChI is InChI=1S/C20H24N2O4S/c1-3-11-26-16-8-7-15(12-17(16)25-2)13-18-19(23)22(20(24)27-18)14-21-9-5-4-6-10-21/h3,7-8,12-13H,1,4-6,9-11,14H2,2H3/b18-13-. The van der Waals surface area contributed by atoms with Gasteiger partial charge in [-0.1, -0.05) is 25.1 Å². The second kappa shape index (κ2) is 9.10. The van der Waals surface area contributed by atoms with Crippen molar-refractivity contribution in [3.63, 3.8) is 0 Å². The molecule has 0 unspecified atom stereocenters. The number of nitrogens with zero attached hydrogens (tertiary/aromatic N) is 2. The molecule has 2 fully saturated rings. The molecule has 2 saturated heterocycles. The van der Waals surface area contributed by atoms with Crippen molar-refractivity contribution in [1.29, 1.82) is 0 Å². The minimum Gasteiger partial charge on any atom is -0.493 e. The summed E-state index contributed by atoms with van der Waals surface area (Å²) in [5.74, 6) is 0.937. The largest absolute Gasteiger partial charge is 0.493 e. The number of likely N-dealkylation sites (tertiary alicyclic amines) is 1. The summed E-state index contributed by atoms with van der Waals surface area (Å²) in [5.41, 5.74) is 0.779. The number of rotatable bonds is 7. The number of carbonyl (C=O) groups excluding carboxylic acids is 2. The van der Waals surface area contributed by atoms with E-state index in [0.29, 0.717) is 29.7 Å². The highest BCUT2D eigenvalue weighted by Gasteiger charge is 2.36. The van der Waals surface area contributed by atoms with Crippen LogP contribution < -0.4 is 9.47 Å². The van der Waals surface area contributed by atoms with Crippen molar-refractivity contribution in [3.8, 4) is 11.5 Å². The molecule has 3 rings (SSSR count). The number of piperidine rings is 1. The van der Waals surface area contributed by atoms with Crippen LogP contribution in [0.1, 0.15) is 24.8 Å². The van der Waals surface area contributed by atoms with Crippen LogP contribution in [0.15, 0.2) is 35.8 Å². The van der Waals surface area contributed by atoms with Crippen molar-refractivity contribution >= 4 is 29.0 Å². The van der Waals surface area contributed by atoms with Crippen molar-refractivity contribution in [1.82, 2.24) is 9.80 Å². The van der Waals surface area contributed by atoms with Gasteiger partial charge in [0.25, 0.3) is 11.1 Å². The Hall–Kier alpha value is -2.25. The Morgan fingerprint density at radius 2 is 1.96 bits per heavy atom. The average molecular weight is 388 g/mol. The number of hydrogen-bond acceptors (Lipinski definition) is 6. The minimum atomic E-state index is -0.235. The maximum Gasteiger partial charge on any atom is 0.294 e. The fraction of sp³-hybridized carbons (Fsp3) is 0.400. The van der Waals surface area contributed by atoms with Crippen LogP contribution >= 0.6 is 11.8 Å². The van der Waals surface area contributed by atoms with E-state index in [0.717, 1.165) is 43.3 Å².